The van der Waals surface area contributed by atoms with E-state index in [0.717, 1.165) is 25.7 Å². The van der Waals surface area contributed by atoms with Crippen LogP contribution >= 0.6 is 0 Å². The van der Waals surface area contributed by atoms with Crippen molar-refractivity contribution in [2.45, 2.75) is 19.8 Å². The smallest absolute Gasteiger partial charge is 0.0507 e. The first-order valence-electron chi connectivity index (χ1n) is 5.81. The Bertz CT molecular complexity index is 135. The minimum atomic E-state index is 0.776. The van der Waals surface area contributed by atoms with Crippen LogP contribution in [0.15, 0.2) is 0 Å². The summed E-state index contributed by atoms with van der Waals surface area (Å²) in [5, 5.41) is 3.21. The van der Waals surface area contributed by atoms with Gasteiger partial charge in [0.05, 0.1) is 6.61 Å². The lowest BCUT2D eigenvalue weighted by Crippen LogP contribution is -2.35. The van der Waals surface area contributed by atoms with Crippen LogP contribution in [0.4, 0.5) is 0 Å². The summed E-state index contributed by atoms with van der Waals surface area (Å²) < 4.78 is 5.40. The molecule has 0 radical (unpaired) electrons. The fourth-order valence-corrected chi connectivity index (χ4v) is 1.97. The summed E-state index contributed by atoms with van der Waals surface area (Å²) >= 11 is 0. The zero-order valence-corrected chi connectivity index (χ0v) is 9.59. The van der Waals surface area contributed by atoms with Gasteiger partial charge in [0.15, 0.2) is 0 Å². The van der Waals surface area contributed by atoms with Crippen molar-refractivity contribution in [3.63, 3.8) is 0 Å². The molecule has 1 N–H and O–H groups in total. The topological polar surface area (TPSA) is 24.5 Å². The molecule has 3 heteroatoms. The molecule has 0 amide bonds. The zero-order valence-electron chi connectivity index (χ0n) is 9.59. The van der Waals surface area contributed by atoms with Crippen LogP contribution in [0, 0.1) is 5.92 Å². The Morgan fingerprint density at radius 3 is 2.86 bits per heavy atom. The van der Waals surface area contributed by atoms with Crippen molar-refractivity contribution < 1.29 is 4.74 Å². The van der Waals surface area contributed by atoms with Gasteiger partial charge in [0, 0.05) is 26.2 Å². The first-order valence-corrected chi connectivity index (χ1v) is 5.81. The van der Waals surface area contributed by atoms with Gasteiger partial charge in [-0.3, -0.25) is 0 Å². The number of hydrogen-bond donors (Lipinski definition) is 1. The van der Waals surface area contributed by atoms with Crippen LogP contribution in [0.2, 0.25) is 0 Å². The second-order valence-corrected chi connectivity index (χ2v) is 4.13. The minimum Gasteiger partial charge on any atom is -0.381 e. The number of nitrogens with one attached hydrogen (secondary N) is 1. The van der Waals surface area contributed by atoms with Gasteiger partial charge in [0.25, 0.3) is 0 Å². The molecule has 0 bridgehead atoms. The van der Waals surface area contributed by atoms with Gasteiger partial charge in [-0.1, -0.05) is 6.92 Å². The third-order valence-electron chi connectivity index (χ3n) is 2.76. The summed E-state index contributed by atoms with van der Waals surface area (Å²) in [5.74, 6) is 0.776. The fourth-order valence-electron chi connectivity index (χ4n) is 1.97. The molecule has 0 spiro atoms. The van der Waals surface area contributed by atoms with Gasteiger partial charge < -0.3 is 15.0 Å². The van der Waals surface area contributed by atoms with Crippen LogP contribution in [0.25, 0.3) is 0 Å². The maximum Gasteiger partial charge on any atom is 0.0507 e. The Balaban J connectivity index is 2.18. The van der Waals surface area contributed by atoms with E-state index in [2.05, 4.69) is 17.1 Å². The van der Waals surface area contributed by atoms with Crippen molar-refractivity contribution in [1.82, 2.24) is 10.2 Å². The highest BCUT2D eigenvalue weighted by molar-refractivity contribution is 4.70. The van der Waals surface area contributed by atoms with Crippen LogP contribution in [0.3, 0.4) is 0 Å². The molecule has 3 nitrogen and oxygen atoms in total. The first kappa shape index (κ1) is 12.0. The van der Waals surface area contributed by atoms with E-state index in [1.807, 2.05) is 7.05 Å². The number of nitrogens with zero attached hydrogens (tertiary/aromatic N) is 1. The number of ether oxygens (including phenoxy) is 1. The maximum atomic E-state index is 5.40. The summed E-state index contributed by atoms with van der Waals surface area (Å²) in [6.45, 7) is 8.88. The molecule has 84 valence electrons. The van der Waals surface area contributed by atoms with Crippen LogP contribution < -0.4 is 5.32 Å². The Morgan fingerprint density at radius 2 is 2.29 bits per heavy atom. The molecule has 1 heterocycles. The molecule has 0 aromatic heterocycles. The molecule has 0 aromatic carbocycles. The second-order valence-electron chi connectivity index (χ2n) is 4.13. The molecule has 1 saturated heterocycles. The normalized spacial score (nSPS) is 22.1. The number of likely N-dealkylation sites (N-methyl/N-ethyl adjacent to an activating group) is 1. The van der Waals surface area contributed by atoms with Crippen molar-refractivity contribution in [2.24, 2.45) is 5.92 Å². The molecule has 0 aliphatic carbocycles. The lowest BCUT2D eigenvalue weighted by atomic mass is 10.1. The lowest BCUT2D eigenvalue weighted by Gasteiger charge is -2.24. The Kier molecular flexibility index (Phi) is 6.15. The molecule has 0 saturated carbocycles. The first-order chi connectivity index (χ1) is 6.86. The van der Waals surface area contributed by atoms with E-state index >= 15 is 0 Å². The zero-order chi connectivity index (χ0) is 10.2. The van der Waals surface area contributed by atoms with Gasteiger partial charge in [-0.2, -0.15) is 0 Å². The molecule has 1 unspecified atom stereocenters. The maximum absolute atomic E-state index is 5.40. The molecule has 1 aliphatic rings. The summed E-state index contributed by atoms with van der Waals surface area (Å²) in [6.07, 6.45) is 2.50. The largest absolute Gasteiger partial charge is 0.381 e. The summed E-state index contributed by atoms with van der Waals surface area (Å²) in [5.41, 5.74) is 0. The van der Waals surface area contributed by atoms with E-state index in [-0.39, 0.29) is 0 Å². The minimum absolute atomic E-state index is 0.776. The monoisotopic (exact) mass is 200 g/mol. The fraction of sp³-hybridized carbons (Fsp3) is 1.00. The van der Waals surface area contributed by atoms with Crippen LogP contribution in [-0.4, -0.2) is 51.3 Å². The van der Waals surface area contributed by atoms with Gasteiger partial charge in [-0.25, -0.2) is 0 Å². The Morgan fingerprint density at radius 1 is 1.43 bits per heavy atom. The van der Waals surface area contributed by atoms with Crippen molar-refractivity contribution in [3.8, 4) is 0 Å². The molecule has 1 rings (SSSR count). The molecule has 0 aromatic rings. The SMILES string of the molecule is CCCN(CCNC)CC1CCOC1. The molecule has 1 fully saturated rings. The highest BCUT2D eigenvalue weighted by Crippen LogP contribution is 2.13. The highest BCUT2D eigenvalue weighted by atomic mass is 16.5. The van der Waals surface area contributed by atoms with Crippen LogP contribution in [0.5, 0.6) is 0 Å². The highest BCUT2D eigenvalue weighted by Gasteiger charge is 2.18. The van der Waals surface area contributed by atoms with Gasteiger partial charge in [0.2, 0.25) is 0 Å². The van der Waals surface area contributed by atoms with Gasteiger partial charge in [-0.15, -0.1) is 0 Å². The lowest BCUT2D eigenvalue weighted by molar-refractivity contribution is 0.167. The third kappa shape index (κ3) is 4.40. The summed E-state index contributed by atoms with van der Waals surface area (Å²) in [7, 11) is 2.02. The molecule has 1 atom stereocenters. The molecular weight excluding hydrogens is 176 g/mol. The Hall–Kier alpha value is -0.120. The number of hydrogen-bond acceptors (Lipinski definition) is 3. The third-order valence-corrected chi connectivity index (χ3v) is 2.76. The van der Waals surface area contributed by atoms with E-state index in [0.29, 0.717) is 0 Å². The van der Waals surface area contributed by atoms with Gasteiger partial charge >= 0.3 is 0 Å². The predicted octanol–water partition coefficient (Wildman–Crippen LogP) is 0.954. The second kappa shape index (κ2) is 7.21. The molecule has 1 aliphatic heterocycles. The Labute approximate surface area is 87.8 Å². The van der Waals surface area contributed by atoms with E-state index in [1.165, 1.54) is 32.5 Å². The van der Waals surface area contributed by atoms with Crippen molar-refractivity contribution in [2.75, 3.05) is 46.4 Å². The van der Waals surface area contributed by atoms with Gasteiger partial charge in [-0.05, 0) is 32.4 Å². The van der Waals surface area contributed by atoms with E-state index in [1.54, 1.807) is 0 Å². The van der Waals surface area contributed by atoms with E-state index in [9.17, 15) is 0 Å². The molecular formula is C11H24N2O. The quantitative estimate of drug-likeness (QED) is 0.662. The summed E-state index contributed by atoms with van der Waals surface area (Å²) in [6, 6.07) is 0. The van der Waals surface area contributed by atoms with Crippen molar-refractivity contribution in [3.05, 3.63) is 0 Å². The van der Waals surface area contributed by atoms with Crippen molar-refractivity contribution >= 4 is 0 Å². The number of rotatable bonds is 7. The molecule has 14 heavy (non-hydrogen) atoms. The van der Waals surface area contributed by atoms with Crippen molar-refractivity contribution in [1.29, 1.82) is 0 Å². The standard InChI is InChI=1S/C11H24N2O/c1-3-6-13(7-5-12-2)9-11-4-8-14-10-11/h11-12H,3-10H2,1-2H3. The van der Waals surface area contributed by atoms with E-state index in [4.69, 9.17) is 4.74 Å². The van der Waals surface area contributed by atoms with E-state index < -0.39 is 0 Å². The average Bonchev–Trinajstić information content (AvgIpc) is 2.67. The summed E-state index contributed by atoms with van der Waals surface area (Å²) in [4.78, 5) is 2.55. The van der Waals surface area contributed by atoms with Gasteiger partial charge in [0.1, 0.15) is 0 Å². The van der Waals surface area contributed by atoms with Crippen LogP contribution in [-0.2, 0) is 4.74 Å². The average molecular weight is 200 g/mol. The predicted molar refractivity (Wildman–Crippen MR) is 59.6 cm³/mol. The van der Waals surface area contributed by atoms with Crippen LogP contribution in [0.1, 0.15) is 19.8 Å².